The summed E-state index contributed by atoms with van der Waals surface area (Å²) in [5.41, 5.74) is 9.18. The summed E-state index contributed by atoms with van der Waals surface area (Å²) in [6.07, 6.45) is 5.95. The smallest absolute Gasteiger partial charge is 0.138 e. The third-order valence-corrected chi connectivity index (χ3v) is 6.78. The van der Waals surface area contributed by atoms with Crippen LogP contribution in [-0.4, -0.2) is 19.5 Å². The summed E-state index contributed by atoms with van der Waals surface area (Å²) in [4.78, 5) is 14.7. The van der Waals surface area contributed by atoms with Crippen molar-refractivity contribution in [1.29, 1.82) is 0 Å². The topological polar surface area (TPSA) is 55.6 Å². The molecule has 1 aliphatic heterocycles. The van der Waals surface area contributed by atoms with Gasteiger partial charge < -0.3 is 5.32 Å². The molecular weight excluding hydrogens is 581 g/mol. The number of hydrogen-bond donors (Lipinski definition) is 1. The SMILES string of the molecule is C1=Cc2c(c3ccccc3n2-c2cccc(-c3cccc(-c4ccccc4-c4ccccn4)n3)n2)CN1.I. The molecule has 38 heavy (non-hydrogen) atoms. The van der Waals surface area contributed by atoms with Gasteiger partial charge in [0.15, 0.2) is 0 Å². The highest BCUT2D eigenvalue weighted by atomic mass is 127. The van der Waals surface area contributed by atoms with Crippen LogP contribution < -0.4 is 5.32 Å². The predicted molar refractivity (Wildman–Crippen MR) is 164 cm³/mol. The highest BCUT2D eigenvalue weighted by molar-refractivity contribution is 14.0. The lowest BCUT2D eigenvalue weighted by atomic mass is 10.0. The number of rotatable bonds is 4. The molecule has 5 nitrogen and oxygen atoms in total. The Morgan fingerprint density at radius 3 is 2.16 bits per heavy atom. The van der Waals surface area contributed by atoms with Crippen LogP contribution in [0.2, 0.25) is 0 Å². The number of hydrogen-bond acceptors (Lipinski definition) is 4. The van der Waals surface area contributed by atoms with Crippen molar-refractivity contribution >= 4 is 41.0 Å². The van der Waals surface area contributed by atoms with Gasteiger partial charge in [-0.3, -0.25) is 9.55 Å². The van der Waals surface area contributed by atoms with E-state index in [1.807, 2.05) is 67.0 Å². The van der Waals surface area contributed by atoms with E-state index in [2.05, 4.69) is 69.5 Å². The van der Waals surface area contributed by atoms with Crippen molar-refractivity contribution in [2.24, 2.45) is 0 Å². The first-order valence-electron chi connectivity index (χ1n) is 12.3. The van der Waals surface area contributed by atoms with E-state index in [1.54, 1.807) is 0 Å². The highest BCUT2D eigenvalue weighted by Gasteiger charge is 2.19. The standard InChI is InChI=1S/C32H23N5.HI/c1-2-10-23(22(9-1)26-12-5-6-19-34-26)27-13-7-14-28(35-27)29-15-8-17-32(36-29)37-30-16-4-3-11-24(30)25-21-33-20-18-31(25)37;/h1-20,33H,21H2;1H. The maximum atomic E-state index is 5.09. The number of halogens is 1. The Kier molecular flexibility index (Phi) is 6.47. The van der Waals surface area contributed by atoms with Crippen LogP contribution in [0.4, 0.5) is 0 Å². The van der Waals surface area contributed by atoms with Crippen LogP contribution in [0.15, 0.2) is 116 Å². The molecule has 0 unspecified atom stereocenters. The minimum atomic E-state index is 0. The molecule has 6 aromatic rings. The van der Waals surface area contributed by atoms with Crippen molar-refractivity contribution < 1.29 is 0 Å². The van der Waals surface area contributed by atoms with Gasteiger partial charge >= 0.3 is 0 Å². The van der Waals surface area contributed by atoms with Crippen LogP contribution in [0, 0.1) is 0 Å². The van der Waals surface area contributed by atoms with Crippen LogP contribution in [0.5, 0.6) is 0 Å². The van der Waals surface area contributed by atoms with Crippen LogP contribution >= 0.6 is 24.0 Å². The first kappa shape index (κ1) is 24.1. The lowest BCUT2D eigenvalue weighted by Gasteiger charge is -2.13. The number of fused-ring (bicyclic) bond motifs is 3. The fourth-order valence-electron chi connectivity index (χ4n) is 5.10. The van der Waals surface area contributed by atoms with E-state index >= 15 is 0 Å². The molecule has 7 rings (SSSR count). The van der Waals surface area contributed by atoms with E-state index in [0.717, 1.165) is 57.5 Å². The van der Waals surface area contributed by atoms with Gasteiger partial charge in [-0.1, -0.05) is 60.7 Å². The van der Waals surface area contributed by atoms with Gasteiger partial charge in [-0.15, -0.1) is 24.0 Å². The van der Waals surface area contributed by atoms with Gasteiger partial charge in [0, 0.05) is 34.8 Å². The van der Waals surface area contributed by atoms with E-state index < -0.39 is 0 Å². The van der Waals surface area contributed by atoms with Crippen molar-refractivity contribution in [2.75, 3.05) is 0 Å². The number of pyridine rings is 3. The molecule has 4 aromatic heterocycles. The molecule has 0 aliphatic carbocycles. The van der Waals surface area contributed by atoms with Crippen LogP contribution in [0.1, 0.15) is 11.3 Å². The fourth-order valence-corrected chi connectivity index (χ4v) is 5.10. The Labute approximate surface area is 238 Å². The quantitative estimate of drug-likeness (QED) is 0.212. The van der Waals surface area contributed by atoms with Crippen molar-refractivity contribution in [3.8, 4) is 39.7 Å². The third kappa shape index (κ3) is 4.16. The summed E-state index contributed by atoms with van der Waals surface area (Å²) >= 11 is 0. The Balaban J connectivity index is 0.00000264. The van der Waals surface area contributed by atoms with E-state index in [1.165, 1.54) is 10.9 Å². The lowest BCUT2D eigenvalue weighted by molar-refractivity contribution is 0.852. The van der Waals surface area contributed by atoms with Crippen molar-refractivity contribution in [3.05, 3.63) is 127 Å². The van der Waals surface area contributed by atoms with E-state index in [0.29, 0.717) is 0 Å². The number of aromatic nitrogens is 4. The third-order valence-electron chi connectivity index (χ3n) is 6.78. The average Bonchev–Trinajstić information content (AvgIpc) is 3.32. The van der Waals surface area contributed by atoms with Crippen molar-refractivity contribution in [3.63, 3.8) is 0 Å². The average molecular weight is 605 g/mol. The molecule has 0 atom stereocenters. The number of nitrogens with zero attached hydrogens (tertiary/aromatic N) is 4. The zero-order chi connectivity index (χ0) is 24.6. The summed E-state index contributed by atoms with van der Waals surface area (Å²) in [6.45, 7) is 0.804. The molecule has 5 heterocycles. The monoisotopic (exact) mass is 605 g/mol. The second-order valence-corrected chi connectivity index (χ2v) is 8.98. The van der Waals surface area contributed by atoms with Crippen LogP contribution in [-0.2, 0) is 6.54 Å². The Morgan fingerprint density at radius 1 is 0.632 bits per heavy atom. The Hall–Kier alpha value is -4.30. The molecule has 0 fully saturated rings. The largest absolute Gasteiger partial charge is 0.387 e. The maximum absolute atomic E-state index is 5.09. The molecule has 0 saturated heterocycles. The zero-order valence-electron chi connectivity index (χ0n) is 20.5. The van der Waals surface area contributed by atoms with E-state index in [4.69, 9.17) is 9.97 Å². The molecule has 0 saturated carbocycles. The van der Waals surface area contributed by atoms with Crippen LogP contribution in [0.25, 0.3) is 56.7 Å². The minimum Gasteiger partial charge on any atom is -0.387 e. The van der Waals surface area contributed by atoms with Gasteiger partial charge in [0.2, 0.25) is 0 Å². The molecule has 0 radical (unpaired) electrons. The molecule has 0 spiro atoms. The Bertz CT molecular complexity index is 1790. The van der Waals surface area contributed by atoms with Gasteiger partial charge in [0.25, 0.3) is 0 Å². The summed E-state index contributed by atoms with van der Waals surface area (Å²) in [5, 5.41) is 4.59. The first-order chi connectivity index (χ1) is 18.4. The van der Waals surface area contributed by atoms with Gasteiger partial charge in [-0.05, 0) is 54.7 Å². The number of para-hydroxylation sites is 1. The molecule has 1 N–H and O–H groups in total. The second kappa shape index (κ2) is 10.2. The first-order valence-corrected chi connectivity index (χ1v) is 12.3. The summed E-state index contributed by atoms with van der Waals surface area (Å²) in [7, 11) is 0. The molecule has 1 aliphatic rings. The molecule has 0 bridgehead atoms. The normalized spacial score (nSPS) is 12.0. The predicted octanol–water partition coefficient (Wildman–Crippen LogP) is 7.51. The van der Waals surface area contributed by atoms with Gasteiger partial charge in [0.1, 0.15) is 5.82 Å². The second-order valence-electron chi connectivity index (χ2n) is 8.98. The number of benzene rings is 2. The summed E-state index contributed by atoms with van der Waals surface area (Å²) in [6, 6.07) is 35.0. The van der Waals surface area contributed by atoms with E-state index in [9.17, 15) is 0 Å². The lowest BCUT2D eigenvalue weighted by Crippen LogP contribution is -2.11. The van der Waals surface area contributed by atoms with Crippen molar-refractivity contribution in [2.45, 2.75) is 6.54 Å². The molecule has 2 aromatic carbocycles. The van der Waals surface area contributed by atoms with Gasteiger partial charge in [0.05, 0.1) is 34.0 Å². The molecule has 6 heteroatoms. The Morgan fingerprint density at radius 2 is 1.32 bits per heavy atom. The number of nitrogens with one attached hydrogen (secondary N) is 1. The molecule has 184 valence electrons. The maximum Gasteiger partial charge on any atom is 0.138 e. The molecule has 0 amide bonds. The van der Waals surface area contributed by atoms with Crippen LogP contribution in [0.3, 0.4) is 0 Å². The summed E-state index contributed by atoms with van der Waals surface area (Å²) < 4.78 is 2.24. The zero-order valence-corrected chi connectivity index (χ0v) is 22.8. The minimum absolute atomic E-state index is 0. The van der Waals surface area contributed by atoms with Crippen molar-refractivity contribution in [1.82, 2.24) is 24.8 Å². The van der Waals surface area contributed by atoms with Gasteiger partial charge in [-0.25, -0.2) is 9.97 Å². The van der Waals surface area contributed by atoms with Gasteiger partial charge in [-0.2, -0.15) is 0 Å². The van der Waals surface area contributed by atoms with E-state index in [-0.39, 0.29) is 24.0 Å². The summed E-state index contributed by atoms with van der Waals surface area (Å²) in [5.74, 6) is 0.877. The highest BCUT2D eigenvalue weighted by Crippen LogP contribution is 2.33. The molecular formula is C32H24IN5. The fraction of sp³-hybridized carbons (Fsp3) is 0.0312.